The molecule has 0 radical (unpaired) electrons. The molecule has 3 N–H and O–H groups in total. The molecule has 1 rings (SSSR count). The van der Waals surface area contributed by atoms with Crippen molar-refractivity contribution in [2.24, 2.45) is 11.8 Å². The smallest absolute Gasteiger partial charge is 0.255 e. The third-order valence-electron chi connectivity index (χ3n) is 3.36. The molecule has 4 nitrogen and oxygen atoms in total. The molecule has 0 bridgehead atoms. The Balaban J connectivity index is 2.96. The lowest BCUT2D eigenvalue weighted by Gasteiger charge is -2.27. The molecule has 0 spiro atoms. The minimum atomic E-state index is 0.00444. The number of nitrogens with zero attached hydrogens (tertiary/aromatic N) is 1. The van der Waals surface area contributed by atoms with Gasteiger partial charge in [0.25, 0.3) is 5.91 Å². The fourth-order valence-electron chi connectivity index (χ4n) is 2.19. The van der Waals surface area contributed by atoms with E-state index in [9.17, 15) is 4.79 Å². The minimum absolute atomic E-state index is 0.00444. The summed E-state index contributed by atoms with van der Waals surface area (Å²) in [5.41, 5.74) is 4.93. The lowest BCUT2D eigenvalue weighted by molar-refractivity contribution is 0.0729. The summed E-state index contributed by atoms with van der Waals surface area (Å²) in [7, 11) is 1.85. The van der Waals surface area contributed by atoms with Crippen molar-refractivity contribution < 1.29 is 4.79 Å². The number of hydrogen-bond donors (Lipinski definition) is 2. The highest BCUT2D eigenvalue weighted by Crippen LogP contribution is 2.20. The molecular weight excluding hydrogens is 238 g/mol. The van der Waals surface area contributed by atoms with E-state index in [1.807, 2.05) is 32.2 Å². The van der Waals surface area contributed by atoms with Gasteiger partial charge in [-0.05, 0) is 38.3 Å². The average Bonchev–Trinajstić information content (AvgIpc) is 2.36. The molecule has 4 heteroatoms. The van der Waals surface area contributed by atoms with E-state index in [0.29, 0.717) is 17.2 Å². The molecule has 0 aliphatic heterocycles. The standard InChI is InChI=1S/C15H25N3O/c1-10(2)8-12(4)18(5)15(19)13-9-11(3)6-7-14(13)17-16/h6-7,9-10,12,17H,8,16H2,1-5H3. The molecule has 19 heavy (non-hydrogen) atoms. The van der Waals surface area contributed by atoms with Crippen LogP contribution in [0.1, 0.15) is 43.1 Å². The molecule has 106 valence electrons. The van der Waals surface area contributed by atoms with Crippen molar-refractivity contribution in [1.82, 2.24) is 4.90 Å². The second-order valence-electron chi connectivity index (χ2n) is 5.59. The zero-order valence-electron chi connectivity index (χ0n) is 12.5. The third-order valence-corrected chi connectivity index (χ3v) is 3.36. The first-order valence-electron chi connectivity index (χ1n) is 6.71. The number of nitrogen functional groups attached to an aromatic ring is 1. The first-order chi connectivity index (χ1) is 8.86. The predicted octanol–water partition coefficient (Wildman–Crippen LogP) is 2.79. The summed E-state index contributed by atoms with van der Waals surface area (Å²) in [4.78, 5) is 14.3. The number of nitrogens with one attached hydrogen (secondary N) is 1. The number of aryl methyl sites for hydroxylation is 1. The Hall–Kier alpha value is -1.55. The number of hydrazine groups is 1. The molecule has 1 aromatic carbocycles. The molecular formula is C15H25N3O. The second-order valence-corrected chi connectivity index (χ2v) is 5.59. The average molecular weight is 263 g/mol. The van der Waals surface area contributed by atoms with Crippen LogP contribution in [-0.4, -0.2) is 23.9 Å². The Morgan fingerprint density at radius 3 is 2.53 bits per heavy atom. The van der Waals surface area contributed by atoms with E-state index in [1.165, 1.54) is 0 Å². The summed E-state index contributed by atoms with van der Waals surface area (Å²) >= 11 is 0. The van der Waals surface area contributed by atoms with Crippen LogP contribution in [0.5, 0.6) is 0 Å². The van der Waals surface area contributed by atoms with E-state index in [0.717, 1.165) is 12.0 Å². The van der Waals surface area contributed by atoms with Gasteiger partial charge >= 0.3 is 0 Å². The van der Waals surface area contributed by atoms with Crippen LogP contribution in [-0.2, 0) is 0 Å². The van der Waals surface area contributed by atoms with Gasteiger partial charge in [-0.1, -0.05) is 25.5 Å². The van der Waals surface area contributed by atoms with E-state index in [2.05, 4.69) is 26.2 Å². The van der Waals surface area contributed by atoms with Crippen LogP contribution in [0.3, 0.4) is 0 Å². The number of carbonyl (C=O) groups is 1. The first-order valence-corrected chi connectivity index (χ1v) is 6.71. The maximum Gasteiger partial charge on any atom is 0.255 e. The fourth-order valence-corrected chi connectivity index (χ4v) is 2.19. The minimum Gasteiger partial charge on any atom is -0.339 e. The summed E-state index contributed by atoms with van der Waals surface area (Å²) in [6, 6.07) is 5.85. The van der Waals surface area contributed by atoms with E-state index >= 15 is 0 Å². The molecule has 1 aromatic rings. The van der Waals surface area contributed by atoms with E-state index < -0.39 is 0 Å². The Morgan fingerprint density at radius 1 is 1.37 bits per heavy atom. The normalized spacial score (nSPS) is 12.4. The highest BCUT2D eigenvalue weighted by Gasteiger charge is 2.20. The zero-order chi connectivity index (χ0) is 14.6. The maximum atomic E-state index is 12.5. The van der Waals surface area contributed by atoms with Crippen LogP contribution in [0.2, 0.25) is 0 Å². The number of nitrogens with two attached hydrogens (primary N) is 1. The SMILES string of the molecule is Cc1ccc(NN)c(C(=O)N(C)C(C)CC(C)C)c1. The van der Waals surface area contributed by atoms with E-state index in [1.54, 1.807) is 4.90 Å². The predicted molar refractivity (Wildman–Crippen MR) is 80.0 cm³/mol. The Morgan fingerprint density at radius 2 is 2.00 bits per heavy atom. The molecule has 1 unspecified atom stereocenters. The van der Waals surface area contributed by atoms with Crippen LogP contribution in [0.15, 0.2) is 18.2 Å². The number of benzene rings is 1. The highest BCUT2D eigenvalue weighted by molar-refractivity contribution is 5.99. The largest absolute Gasteiger partial charge is 0.339 e. The number of amides is 1. The number of hydrogen-bond acceptors (Lipinski definition) is 3. The first kappa shape index (κ1) is 15.5. The van der Waals surface area contributed by atoms with Crippen molar-refractivity contribution in [1.29, 1.82) is 0 Å². The molecule has 0 aliphatic carbocycles. The quantitative estimate of drug-likeness (QED) is 0.634. The van der Waals surface area contributed by atoms with E-state index in [4.69, 9.17) is 5.84 Å². The van der Waals surface area contributed by atoms with Gasteiger partial charge in [-0.3, -0.25) is 10.6 Å². The van der Waals surface area contributed by atoms with Crippen molar-refractivity contribution in [2.75, 3.05) is 12.5 Å². The van der Waals surface area contributed by atoms with Crippen LogP contribution in [0, 0.1) is 12.8 Å². The third kappa shape index (κ3) is 3.96. The van der Waals surface area contributed by atoms with E-state index in [-0.39, 0.29) is 11.9 Å². The summed E-state index contributed by atoms with van der Waals surface area (Å²) in [5.74, 6) is 6.04. The summed E-state index contributed by atoms with van der Waals surface area (Å²) < 4.78 is 0. The number of carbonyl (C=O) groups excluding carboxylic acids is 1. The number of anilines is 1. The van der Waals surface area contributed by atoms with Crippen LogP contribution >= 0.6 is 0 Å². The number of rotatable bonds is 5. The maximum absolute atomic E-state index is 12.5. The molecule has 0 heterocycles. The molecule has 0 fully saturated rings. The van der Waals surface area contributed by atoms with Gasteiger partial charge in [-0.2, -0.15) is 0 Å². The zero-order valence-corrected chi connectivity index (χ0v) is 12.5. The van der Waals surface area contributed by atoms with Gasteiger partial charge in [0.15, 0.2) is 0 Å². The summed E-state index contributed by atoms with van der Waals surface area (Å²) in [6.07, 6.45) is 0.986. The van der Waals surface area contributed by atoms with Crippen LogP contribution in [0.4, 0.5) is 5.69 Å². The monoisotopic (exact) mass is 263 g/mol. The van der Waals surface area contributed by atoms with Crippen molar-refractivity contribution in [3.63, 3.8) is 0 Å². The summed E-state index contributed by atoms with van der Waals surface area (Å²) in [5, 5.41) is 0. The molecule has 0 saturated carbocycles. The van der Waals surface area contributed by atoms with Gasteiger partial charge in [0.1, 0.15) is 0 Å². The van der Waals surface area contributed by atoms with Gasteiger partial charge in [0, 0.05) is 13.1 Å². The highest BCUT2D eigenvalue weighted by atomic mass is 16.2. The van der Waals surface area contributed by atoms with Crippen molar-refractivity contribution >= 4 is 11.6 Å². The lowest BCUT2D eigenvalue weighted by atomic mass is 10.0. The Labute approximate surface area is 115 Å². The topological polar surface area (TPSA) is 58.4 Å². The molecule has 0 aromatic heterocycles. The van der Waals surface area contributed by atoms with Gasteiger partial charge in [0.2, 0.25) is 0 Å². The summed E-state index contributed by atoms with van der Waals surface area (Å²) in [6.45, 7) is 8.36. The Kier molecular flexibility index (Phi) is 5.36. The molecule has 0 aliphatic rings. The van der Waals surface area contributed by atoms with Crippen LogP contribution < -0.4 is 11.3 Å². The van der Waals surface area contributed by atoms with Gasteiger partial charge in [-0.15, -0.1) is 0 Å². The molecule has 1 amide bonds. The fraction of sp³-hybridized carbons (Fsp3) is 0.533. The van der Waals surface area contributed by atoms with Crippen LogP contribution in [0.25, 0.3) is 0 Å². The van der Waals surface area contributed by atoms with Gasteiger partial charge < -0.3 is 10.3 Å². The lowest BCUT2D eigenvalue weighted by Crippen LogP contribution is -2.36. The van der Waals surface area contributed by atoms with Crippen molar-refractivity contribution in [2.45, 2.75) is 40.2 Å². The molecule has 0 saturated heterocycles. The van der Waals surface area contributed by atoms with Crippen molar-refractivity contribution in [3.05, 3.63) is 29.3 Å². The Bertz CT molecular complexity index is 443. The second kappa shape index (κ2) is 6.57. The van der Waals surface area contributed by atoms with Crippen molar-refractivity contribution in [3.8, 4) is 0 Å². The van der Waals surface area contributed by atoms with Gasteiger partial charge in [-0.25, -0.2) is 0 Å². The van der Waals surface area contributed by atoms with Gasteiger partial charge in [0.05, 0.1) is 11.3 Å². The molecule has 1 atom stereocenters.